The van der Waals surface area contributed by atoms with Crippen molar-refractivity contribution in [2.24, 2.45) is 11.8 Å². The molecule has 1 aromatic rings. The molecule has 2 aliphatic carbocycles. The van der Waals surface area contributed by atoms with Crippen molar-refractivity contribution >= 4 is 25.8 Å². The Bertz CT molecular complexity index is 1140. The van der Waals surface area contributed by atoms with Crippen LogP contribution in [0, 0.1) is 11.8 Å². The minimum absolute atomic E-state index is 0.0585. The zero-order valence-electron chi connectivity index (χ0n) is 21.9. The molecule has 0 bridgehead atoms. The van der Waals surface area contributed by atoms with E-state index in [-0.39, 0.29) is 47.8 Å². The van der Waals surface area contributed by atoms with Crippen LogP contribution in [0.4, 0.5) is 4.79 Å². The minimum Gasteiger partial charge on any atom is -0.444 e. The minimum atomic E-state index is -2.89. The van der Waals surface area contributed by atoms with Crippen molar-refractivity contribution in [3.63, 3.8) is 0 Å². The van der Waals surface area contributed by atoms with Crippen molar-refractivity contribution in [3.8, 4) is 0 Å². The Morgan fingerprint density at radius 2 is 1.32 bits per heavy atom. The standard InChI is InChI=1S/C26H40N4O6S2/c31-26(36-20-21-4-2-1-3-5-21)30(25-16-23(17-25)19-29-8-12-38(34,35)13-9-29)27-24-14-22(15-24)18-28-6-10-37(32,33)11-7-28/h1-5,22-25,27H,6-20H2. The number of sulfone groups is 2. The number of ether oxygens (including phenoxy) is 1. The van der Waals surface area contributed by atoms with Crippen LogP contribution in [0.2, 0.25) is 0 Å². The van der Waals surface area contributed by atoms with Gasteiger partial charge < -0.3 is 14.5 Å². The fourth-order valence-corrected chi connectivity index (χ4v) is 8.49. The second-order valence-corrected chi connectivity index (χ2v) is 16.1. The van der Waals surface area contributed by atoms with E-state index in [1.54, 1.807) is 5.01 Å². The Morgan fingerprint density at radius 1 is 0.816 bits per heavy atom. The Labute approximate surface area is 226 Å². The van der Waals surface area contributed by atoms with Gasteiger partial charge in [-0.25, -0.2) is 32.1 Å². The van der Waals surface area contributed by atoms with Gasteiger partial charge in [-0.2, -0.15) is 0 Å². The molecule has 212 valence electrons. The van der Waals surface area contributed by atoms with Crippen LogP contribution in [0.5, 0.6) is 0 Å². The van der Waals surface area contributed by atoms with Crippen molar-refractivity contribution in [1.29, 1.82) is 0 Å². The van der Waals surface area contributed by atoms with Crippen LogP contribution in [-0.2, 0) is 31.0 Å². The Morgan fingerprint density at radius 3 is 1.84 bits per heavy atom. The quantitative estimate of drug-likeness (QED) is 0.438. The number of nitrogens with zero attached hydrogens (tertiary/aromatic N) is 3. The number of carbonyl (C=O) groups excluding carboxylic acids is 1. The molecule has 1 aromatic carbocycles. The van der Waals surface area contributed by atoms with E-state index in [1.165, 1.54) is 0 Å². The molecule has 0 unspecified atom stereocenters. The summed E-state index contributed by atoms with van der Waals surface area (Å²) >= 11 is 0. The maximum Gasteiger partial charge on any atom is 0.424 e. The molecule has 0 aromatic heterocycles. The first-order chi connectivity index (χ1) is 18.1. The largest absolute Gasteiger partial charge is 0.444 e. The van der Waals surface area contributed by atoms with Gasteiger partial charge in [0.05, 0.1) is 29.1 Å². The Hall–Kier alpha value is -1.73. The summed E-state index contributed by atoms with van der Waals surface area (Å²) in [5, 5.41) is 1.70. The lowest BCUT2D eigenvalue weighted by atomic mass is 9.78. The van der Waals surface area contributed by atoms with Crippen LogP contribution in [0.1, 0.15) is 31.2 Å². The van der Waals surface area contributed by atoms with Crippen molar-refractivity contribution in [2.45, 2.75) is 44.4 Å². The zero-order valence-corrected chi connectivity index (χ0v) is 23.5. The monoisotopic (exact) mass is 568 g/mol. The third-order valence-electron chi connectivity index (χ3n) is 8.44. The highest BCUT2D eigenvalue weighted by atomic mass is 32.2. The van der Waals surface area contributed by atoms with Gasteiger partial charge in [-0.1, -0.05) is 30.3 Å². The van der Waals surface area contributed by atoms with E-state index in [4.69, 9.17) is 4.74 Å². The SMILES string of the molecule is O=C(OCc1ccccc1)N(NC1CC(CN2CCS(=O)(=O)CC2)C1)C1CC(CN2CCS(=O)(=O)CC2)C1. The molecule has 1 amide bonds. The highest BCUT2D eigenvalue weighted by Gasteiger charge is 2.41. The Kier molecular flexibility index (Phi) is 8.63. The number of amides is 1. The molecule has 0 atom stereocenters. The molecule has 4 aliphatic rings. The number of hydrogen-bond donors (Lipinski definition) is 1. The van der Waals surface area contributed by atoms with Crippen LogP contribution in [0.15, 0.2) is 30.3 Å². The molecule has 5 rings (SSSR count). The number of hydrazine groups is 1. The molecule has 10 nitrogen and oxygen atoms in total. The molecule has 2 heterocycles. The first-order valence-electron chi connectivity index (χ1n) is 13.8. The molecule has 1 N–H and O–H groups in total. The lowest BCUT2D eigenvalue weighted by Gasteiger charge is -2.48. The second-order valence-electron chi connectivity index (χ2n) is 11.5. The molecular weight excluding hydrogens is 528 g/mol. The number of benzene rings is 1. The summed E-state index contributed by atoms with van der Waals surface area (Å²) in [5.41, 5.74) is 4.40. The molecule has 0 radical (unpaired) electrons. The predicted molar refractivity (Wildman–Crippen MR) is 145 cm³/mol. The van der Waals surface area contributed by atoms with Crippen LogP contribution in [-0.4, -0.2) is 112 Å². The van der Waals surface area contributed by atoms with Gasteiger partial charge in [0.2, 0.25) is 0 Å². The molecule has 0 spiro atoms. The molecule has 12 heteroatoms. The number of carbonyl (C=O) groups is 1. The second kappa shape index (κ2) is 11.8. The summed E-state index contributed by atoms with van der Waals surface area (Å²) in [7, 11) is -5.75. The summed E-state index contributed by atoms with van der Waals surface area (Å²) in [4.78, 5) is 17.6. The maximum absolute atomic E-state index is 13.2. The predicted octanol–water partition coefficient (Wildman–Crippen LogP) is 1.15. The van der Waals surface area contributed by atoms with Crippen molar-refractivity contribution in [2.75, 3.05) is 62.3 Å². The summed E-state index contributed by atoms with van der Waals surface area (Å²) < 4.78 is 52.5. The molecule has 2 saturated carbocycles. The first kappa shape index (κ1) is 27.8. The lowest BCUT2D eigenvalue weighted by molar-refractivity contribution is -0.0154. The van der Waals surface area contributed by atoms with E-state index in [0.29, 0.717) is 38.0 Å². The van der Waals surface area contributed by atoms with Crippen molar-refractivity contribution in [1.82, 2.24) is 20.2 Å². The van der Waals surface area contributed by atoms with E-state index >= 15 is 0 Å². The van der Waals surface area contributed by atoms with E-state index in [9.17, 15) is 21.6 Å². The summed E-state index contributed by atoms with van der Waals surface area (Å²) in [5.74, 6) is 1.91. The van der Waals surface area contributed by atoms with Gasteiger partial charge in [0.25, 0.3) is 0 Å². The maximum atomic E-state index is 13.2. The van der Waals surface area contributed by atoms with Crippen LogP contribution < -0.4 is 5.43 Å². The normalized spacial score (nSPS) is 31.1. The first-order valence-corrected chi connectivity index (χ1v) is 17.4. The van der Waals surface area contributed by atoms with Gasteiger partial charge in [0.1, 0.15) is 6.61 Å². The highest BCUT2D eigenvalue weighted by Crippen LogP contribution is 2.35. The number of nitrogens with one attached hydrogen (secondary N) is 1. The lowest BCUT2D eigenvalue weighted by Crippen LogP contribution is -2.61. The third-order valence-corrected chi connectivity index (χ3v) is 11.7. The van der Waals surface area contributed by atoms with Gasteiger partial charge >= 0.3 is 6.09 Å². The van der Waals surface area contributed by atoms with E-state index in [2.05, 4.69) is 15.2 Å². The average molecular weight is 569 g/mol. The van der Waals surface area contributed by atoms with Crippen molar-refractivity contribution < 1.29 is 26.4 Å². The van der Waals surface area contributed by atoms with Gasteiger partial charge in [-0.3, -0.25) is 0 Å². The van der Waals surface area contributed by atoms with Crippen molar-refractivity contribution in [3.05, 3.63) is 35.9 Å². The molecule has 2 aliphatic heterocycles. The third kappa shape index (κ3) is 7.47. The molecule has 4 fully saturated rings. The van der Waals surface area contributed by atoms with Crippen LogP contribution in [0.25, 0.3) is 0 Å². The summed E-state index contributed by atoms with van der Waals surface area (Å²) in [6, 6.07) is 9.91. The van der Waals surface area contributed by atoms with E-state index in [1.807, 2.05) is 30.3 Å². The number of hydrogen-bond acceptors (Lipinski definition) is 9. The van der Waals surface area contributed by atoms with E-state index < -0.39 is 19.7 Å². The van der Waals surface area contributed by atoms with E-state index in [0.717, 1.165) is 44.3 Å². The fraction of sp³-hybridized carbons (Fsp3) is 0.731. The Balaban J connectivity index is 1.10. The number of rotatable bonds is 9. The van der Waals surface area contributed by atoms with Gasteiger partial charge in [0.15, 0.2) is 19.7 Å². The van der Waals surface area contributed by atoms with Crippen LogP contribution in [0.3, 0.4) is 0 Å². The zero-order chi connectivity index (χ0) is 26.8. The molecule has 2 saturated heterocycles. The molecular formula is C26H40N4O6S2. The van der Waals surface area contributed by atoms with Gasteiger partial charge in [-0.15, -0.1) is 0 Å². The topological polar surface area (TPSA) is 116 Å². The highest BCUT2D eigenvalue weighted by molar-refractivity contribution is 7.91. The fourth-order valence-electron chi connectivity index (χ4n) is 5.94. The summed E-state index contributed by atoms with van der Waals surface area (Å²) in [6.45, 7) is 4.41. The average Bonchev–Trinajstić information content (AvgIpc) is 2.84. The smallest absolute Gasteiger partial charge is 0.424 e. The molecule has 38 heavy (non-hydrogen) atoms. The van der Waals surface area contributed by atoms with Gasteiger partial charge in [0, 0.05) is 45.3 Å². The van der Waals surface area contributed by atoms with Gasteiger partial charge in [-0.05, 0) is 43.1 Å². The van der Waals surface area contributed by atoms with Crippen LogP contribution >= 0.6 is 0 Å². The summed E-state index contributed by atoms with van der Waals surface area (Å²) in [6.07, 6.45) is 3.28.